The molecule has 102 valence electrons. The number of hydrogen-bond donors (Lipinski definition) is 1. The summed E-state index contributed by atoms with van der Waals surface area (Å²) >= 11 is 8.90. The Kier molecular flexibility index (Phi) is 5.45. The van der Waals surface area contributed by atoms with Gasteiger partial charge < -0.3 is 10.1 Å². The van der Waals surface area contributed by atoms with Crippen LogP contribution in [-0.2, 0) is 11.3 Å². The summed E-state index contributed by atoms with van der Waals surface area (Å²) in [5, 5.41) is 5.64. The molecule has 2 nitrogen and oxygen atoms in total. The van der Waals surface area contributed by atoms with E-state index >= 15 is 0 Å². The molecular weight excluding hydrogens is 390 g/mol. The van der Waals surface area contributed by atoms with E-state index in [-0.39, 0.29) is 6.04 Å². The highest BCUT2D eigenvalue weighted by molar-refractivity contribution is 9.10. The molecule has 1 aromatic carbocycles. The van der Waals surface area contributed by atoms with Crippen LogP contribution in [0.4, 0.5) is 5.69 Å². The standard InChI is InChI=1S/C14H15Br2NOS/c1-9(14-12(16)6-7-19-14)17-13-5-3-4-11(15)10(13)8-18-2/h3-7,9,17H,8H2,1-2H3. The van der Waals surface area contributed by atoms with Crippen LogP contribution in [-0.4, -0.2) is 7.11 Å². The average molecular weight is 405 g/mol. The summed E-state index contributed by atoms with van der Waals surface area (Å²) in [7, 11) is 1.71. The molecule has 2 aromatic rings. The van der Waals surface area contributed by atoms with Gasteiger partial charge in [0.05, 0.1) is 12.6 Å². The molecule has 1 aromatic heterocycles. The number of nitrogens with one attached hydrogen (secondary N) is 1. The molecule has 1 unspecified atom stereocenters. The normalized spacial score (nSPS) is 12.4. The SMILES string of the molecule is COCc1c(Br)cccc1NC(C)c1sccc1Br. The summed E-state index contributed by atoms with van der Waals surface area (Å²) in [6, 6.07) is 8.47. The third kappa shape index (κ3) is 3.60. The second kappa shape index (κ2) is 6.88. The van der Waals surface area contributed by atoms with Gasteiger partial charge in [-0.15, -0.1) is 11.3 Å². The maximum Gasteiger partial charge on any atom is 0.0744 e. The first kappa shape index (κ1) is 15.0. The fourth-order valence-corrected chi connectivity index (χ4v) is 4.10. The van der Waals surface area contributed by atoms with Crippen molar-refractivity contribution >= 4 is 48.9 Å². The number of halogens is 2. The third-order valence-electron chi connectivity index (χ3n) is 2.82. The molecule has 0 amide bonds. The van der Waals surface area contributed by atoms with Crippen LogP contribution in [0.1, 0.15) is 23.4 Å². The Morgan fingerprint density at radius 1 is 1.26 bits per heavy atom. The number of rotatable bonds is 5. The minimum atomic E-state index is 0.249. The molecule has 0 saturated carbocycles. The van der Waals surface area contributed by atoms with Crippen molar-refractivity contribution < 1.29 is 4.74 Å². The zero-order chi connectivity index (χ0) is 13.8. The van der Waals surface area contributed by atoms with E-state index in [4.69, 9.17) is 4.74 Å². The van der Waals surface area contributed by atoms with Crippen molar-refractivity contribution in [3.05, 3.63) is 49.0 Å². The van der Waals surface area contributed by atoms with Crippen molar-refractivity contribution in [2.75, 3.05) is 12.4 Å². The van der Waals surface area contributed by atoms with Crippen molar-refractivity contribution in [3.63, 3.8) is 0 Å². The van der Waals surface area contributed by atoms with Crippen LogP contribution in [0.3, 0.4) is 0 Å². The Morgan fingerprint density at radius 2 is 2.05 bits per heavy atom. The zero-order valence-electron chi connectivity index (χ0n) is 10.7. The van der Waals surface area contributed by atoms with Crippen molar-refractivity contribution in [2.45, 2.75) is 19.6 Å². The molecule has 2 rings (SSSR count). The molecule has 0 fully saturated rings. The Labute approximate surface area is 134 Å². The second-order valence-electron chi connectivity index (χ2n) is 4.20. The Balaban J connectivity index is 2.24. The van der Waals surface area contributed by atoms with E-state index in [1.54, 1.807) is 18.4 Å². The smallest absolute Gasteiger partial charge is 0.0744 e. The monoisotopic (exact) mass is 403 g/mol. The predicted octanol–water partition coefficient (Wildman–Crippen LogP) is 5.59. The van der Waals surface area contributed by atoms with Gasteiger partial charge in [0.2, 0.25) is 0 Å². The van der Waals surface area contributed by atoms with Crippen LogP contribution >= 0.6 is 43.2 Å². The highest BCUT2D eigenvalue weighted by Crippen LogP contribution is 2.33. The maximum atomic E-state index is 5.27. The largest absolute Gasteiger partial charge is 0.380 e. The molecule has 0 aliphatic carbocycles. The minimum Gasteiger partial charge on any atom is -0.380 e. The number of anilines is 1. The van der Waals surface area contributed by atoms with E-state index in [0.717, 1.165) is 20.2 Å². The van der Waals surface area contributed by atoms with Gasteiger partial charge in [-0.2, -0.15) is 0 Å². The van der Waals surface area contributed by atoms with Crippen LogP contribution in [0.5, 0.6) is 0 Å². The van der Waals surface area contributed by atoms with Crippen molar-refractivity contribution in [3.8, 4) is 0 Å². The van der Waals surface area contributed by atoms with E-state index in [0.29, 0.717) is 6.61 Å². The van der Waals surface area contributed by atoms with Gasteiger partial charge in [-0.3, -0.25) is 0 Å². The van der Waals surface area contributed by atoms with Gasteiger partial charge in [0.25, 0.3) is 0 Å². The lowest BCUT2D eigenvalue weighted by atomic mass is 10.1. The Bertz CT molecular complexity index is 556. The van der Waals surface area contributed by atoms with Crippen LogP contribution in [0.2, 0.25) is 0 Å². The van der Waals surface area contributed by atoms with Crippen LogP contribution < -0.4 is 5.32 Å². The van der Waals surface area contributed by atoms with E-state index in [1.165, 1.54) is 4.88 Å². The quantitative estimate of drug-likeness (QED) is 0.700. The van der Waals surface area contributed by atoms with E-state index in [9.17, 15) is 0 Å². The lowest BCUT2D eigenvalue weighted by Crippen LogP contribution is -2.08. The first-order valence-electron chi connectivity index (χ1n) is 5.89. The minimum absolute atomic E-state index is 0.249. The molecule has 0 radical (unpaired) electrons. The van der Waals surface area contributed by atoms with Gasteiger partial charge in [0, 0.05) is 32.2 Å². The lowest BCUT2D eigenvalue weighted by molar-refractivity contribution is 0.185. The highest BCUT2D eigenvalue weighted by Gasteiger charge is 2.13. The number of methoxy groups -OCH3 is 1. The molecule has 1 atom stereocenters. The van der Waals surface area contributed by atoms with E-state index in [1.807, 2.05) is 12.1 Å². The van der Waals surface area contributed by atoms with Crippen molar-refractivity contribution in [2.24, 2.45) is 0 Å². The number of ether oxygens (including phenoxy) is 1. The summed E-state index contributed by atoms with van der Waals surface area (Å²) < 4.78 is 7.49. The highest BCUT2D eigenvalue weighted by atomic mass is 79.9. The lowest BCUT2D eigenvalue weighted by Gasteiger charge is -2.18. The summed E-state index contributed by atoms with van der Waals surface area (Å²) in [4.78, 5) is 1.29. The van der Waals surface area contributed by atoms with Gasteiger partial charge in [0.15, 0.2) is 0 Å². The average Bonchev–Trinajstić information content (AvgIpc) is 2.80. The maximum absolute atomic E-state index is 5.27. The fraction of sp³-hybridized carbons (Fsp3) is 0.286. The molecule has 5 heteroatoms. The topological polar surface area (TPSA) is 21.3 Å². The fourth-order valence-electron chi connectivity index (χ4n) is 1.90. The molecule has 0 spiro atoms. The van der Waals surface area contributed by atoms with Crippen molar-refractivity contribution in [1.82, 2.24) is 0 Å². The molecule has 0 aliphatic heterocycles. The first-order chi connectivity index (χ1) is 9.13. The number of benzene rings is 1. The molecule has 0 bridgehead atoms. The van der Waals surface area contributed by atoms with Gasteiger partial charge in [-0.25, -0.2) is 0 Å². The molecule has 19 heavy (non-hydrogen) atoms. The molecule has 1 heterocycles. The van der Waals surface area contributed by atoms with Gasteiger partial charge >= 0.3 is 0 Å². The summed E-state index contributed by atoms with van der Waals surface area (Å²) in [6.07, 6.45) is 0. The Hall–Kier alpha value is -0.360. The Morgan fingerprint density at radius 3 is 2.68 bits per heavy atom. The summed E-state index contributed by atoms with van der Waals surface area (Å²) in [5.74, 6) is 0. The number of hydrogen-bond acceptors (Lipinski definition) is 3. The van der Waals surface area contributed by atoms with Gasteiger partial charge in [0.1, 0.15) is 0 Å². The zero-order valence-corrected chi connectivity index (χ0v) is 14.7. The summed E-state index contributed by atoms with van der Waals surface area (Å²) in [5.41, 5.74) is 2.24. The predicted molar refractivity (Wildman–Crippen MR) is 88.9 cm³/mol. The van der Waals surface area contributed by atoms with E-state index < -0.39 is 0 Å². The van der Waals surface area contributed by atoms with Crippen LogP contribution in [0.15, 0.2) is 38.6 Å². The van der Waals surface area contributed by atoms with Crippen LogP contribution in [0, 0.1) is 0 Å². The van der Waals surface area contributed by atoms with Crippen molar-refractivity contribution in [1.29, 1.82) is 0 Å². The molecule has 0 aliphatic rings. The summed E-state index contributed by atoms with van der Waals surface area (Å²) in [6.45, 7) is 2.75. The van der Waals surface area contributed by atoms with E-state index in [2.05, 4.69) is 61.6 Å². The van der Waals surface area contributed by atoms with Gasteiger partial charge in [-0.05, 0) is 46.4 Å². The van der Waals surface area contributed by atoms with Gasteiger partial charge in [-0.1, -0.05) is 22.0 Å². The molecular formula is C14H15Br2NOS. The number of thiophene rings is 1. The first-order valence-corrected chi connectivity index (χ1v) is 8.35. The molecule has 0 saturated heterocycles. The van der Waals surface area contributed by atoms with Crippen LogP contribution in [0.25, 0.3) is 0 Å². The second-order valence-corrected chi connectivity index (χ2v) is 6.85. The molecule has 1 N–H and O–H groups in total. The third-order valence-corrected chi connectivity index (χ3v) is 5.61.